The second kappa shape index (κ2) is 5.21. The van der Waals surface area contributed by atoms with Crippen LogP contribution in [0.4, 0.5) is 13.2 Å². The fraction of sp³-hybridized carbons (Fsp3) is 0.875. The van der Waals surface area contributed by atoms with Crippen LogP contribution in [0.2, 0.25) is 0 Å². The number of halogens is 3. The number of hydrogen-bond acceptors (Lipinski definition) is 2. The summed E-state index contributed by atoms with van der Waals surface area (Å²) in [6, 6.07) is 0. The fourth-order valence-electron chi connectivity index (χ4n) is 0.871. The van der Waals surface area contributed by atoms with Crippen molar-refractivity contribution >= 4 is 5.78 Å². The first-order valence-corrected chi connectivity index (χ1v) is 4.10. The van der Waals surface area contributed by atoms with E-state index in [-0.39, 0.29) is 18.2 Å². The average molecular weight is 197 g/mol. The summed E-state index contributed by atoms with van der Waals surface area (Å²) in [6.45, 7) is 2.40. The molecule has 0 aromatic carbocycles. The number of hydrogen-bond donors (Lipinski definition) is 1. The van der Waals surface area contributed by atoms with Crippen molar-refractivity contribution in [2.75, 3.05) is 13.1 Å². The maximum Gasteiger partial charge on any atom is 0.401 e. The van der Waals surface area contributed by atoms with Crippen molar-refractivity contribution in [2.45, 2.75) is 26.4 Å². The van der Waals surface area contributed by atoms with E-state index in [4.69, 9.17) is 0 Å². The van der Waals surface area contributed by atoms with Crippen LogP contribution in [0.5, 0.6) is 0 Å². The SMILES string of the molecule is CC(C)CC(=O)CNCC(F)(F)F. The van der Waals surface area contributed by atoms with E-state index in [9.17, 15) is 18.0 Å². The lowest BCUT2D eigenvalue weighted by Crippen LogP contribution is -2.33. The quantitative estimate of drug-likeness (QED) is 0.727. The molecule has 0 heterocycles. The topological polar surface area (TPSA) is 29.1 Å². The molecule has 0 aliphatic rings. The summed E-state index contributed by atoms with van der Waals surface area (Å²) in [4.78, 5) is 10.9. The molecular formula is C8H14F3NO. The number of rotatable bonds is 5. The second-order valence-electron chi connectivity index (χ2n) is 3.36. The first kappa shape index (κ1) is 12.4. The van der Waals surface area contributed by atoms with E-state index < -0.39 is 12.7 Å². The van der Waals surface area contributed by atoms with Crippen molar-refractivity contribution < 1.29 is 18.0 Å². The molecule has 0 rings (SSSR count). The number of carbonyl (C=O) groups is 1. The Morgan fingerprint density at radius 3 is 2.31 bits per heavy atom. The Morgan fingerprint density at radius 1 is 1.38 bits per heavy atom. The van der Waals surface area contributed by atoms with E-state index in [0.29, 0.717) is 6.42 Å². The molecule has 0 fully saturated rings. The van der Waals surface area contributed by atoms with Crippen LogP contribution in [-0.2, 0) is 4.79 Å². The highest BCUT2D eigenvalue weighted by molar-refractivity contribution is 5.80. The molecule has 0 aromatic rings. The van der Waals surface area contributed by atoms with Gasteiger partial charge in [-0.1, -0.05) is 13.8 Å². The van der Waals surface area contributed by atoms with Crippen molar-refractivity contribution in [1.82, 2.24) is 5.32 Å². The highest BCUT2D eigenvalue weighted by Crippen LogP contribution is 2.12. The molecule has 0 amide bonds. The summed E-state index contributed by atoms with van der Waals surface area (Å²) in [7, 11) is 0. The third-order valence-corrected chi connectivity index (χ3v) is 1.28. The number of nitrogens with one attached hydrogen (secondary N) is 1. The van der Waals surface area contributed by atoms with Crippen molar-refractivity contribution in [3.8, 4) is 0 Å². The number of alkyl halides is 3. The largest absolute Gasteiger partial charge is 0.401 e. The molecule has 0 saturated carbocycles. The summed E-state index contributed by atoms with van der Waals surface area (Å²) in [6.07, 6.45) is -3.91. The lowest BCUT2D eigenvalue weighted by Gasteiger charge is -2.08. The first-order chi connectivity index (χ1) is 5.81. The van der Waals surface area contributed by atoms with Gasteiger partial charge in [0.05, 0.1) is 13.1 Å². The molecule has 5 heteroatoms. The zero-order chi connectivity index (χ0) is 10.5. The average Bonchev–Trinajstić information content (AvgIpc) is 1.81. The van der Waals surface area contributed by atoms with E-state index in [1.807, 2.05) is 13.8 Å². The van der Waals surface area contributed by atoms with Gasteiger partial charge in [-0.3, -0.25) is 4.79 Å². The highest BCUT2D eigenvalue weighted by Gasteiger charge is 2.26. The lowest BCUT2D eigenvalue weighted by molar-refractivity contribution is -0.127. The van der Waals surface area contributed by atoms with E-state index in [1.165, 1.54) is 0 Å². The highest BCUT2D eigenvalue weighted by atomic mass is 19.4. The molecule has 0 aliphatic carbocycles. The zero-order valence-corrected chi connectivity index (χ0v) is 7.74. The normalized spacial score (nSPS) is 12.2. The van der Waals surface area contributed by atoms with Gasteiger partial charge in [-0.15, -0.1) is 0 Å². The zero-order valence-electron chi connectivity index (χ0n) is 7.74. The van der Waals surface area contributed by atoms with Crippen LogP contribution in [0.3, 0.4) is 0 Å². The van der Waals surface area contributed by atoms with E-state index in [1.54, 1.807) is 0 Å². The molecule has 0 unspecified atom stereocenters. The summed E-state index contributed by atoms with van der Waals surface area (Å²) in [5.41, 5.74) is 0. The predicted molar refractivity (Wildman–Crippen MR) is 43.4 cm³/mol. The summed E-state index contributed by atoms with van der Waals surface area (Å²) >= 11 is 0. The summed E-state index contributed by atoms with van der Waals surface area (Å²) in [5.74, 6) is 0.0134. The molecule has 78 valence electrons. The van der Waals surface area contributed by atoms with Crippen LogP contribution < -0.4 is 5.32 Å². The molecule has 0 atom stereocenters. The monoisotopic (exact) mass is 197 g/mol. The van der Waals surface area contributed by atoms with Gasteiger partial charge < -0.3 is 5.32 Å². The van der Waals surface area contributed by atoms with E-state index >= 15 is 0 Å². The minimum absolute atomic E-state index is 0.181. The molecule has 13 heavy (non-hydrogen) atoms. The Kier molecular flexibility index (Phi) is 4.98. The molecule has 1 N–H and O–H groups in total. The molecule has 2 nitrogen and oxygen atoms in total. The van der Waals surface area contributed by atoms with E-state index in [2.05, 4.69) is 5.32 Å². The number of ketones is 1. The Bertz CT molecular complexity index is 165. The molecule has 0 saturated heterocycles. The van der Waals surface area contributed by atoms with Crippen LogP contribution in [0.25, 0.3) is 0 Å². The summed E-state index contributed by atoms with van der Waals surface area (Å²) < 4.78 is 34.8. The maximum atomic E-state index is 11.6. The molecule has 0 radical (unpaired) electrons. The fourth-order valence-corrected chi connectivity index (χ4v) is 0.871. The van der Waals surface area contributed by atoms with Crippen molar-refractivity contribution in [1.29, 1.82) is 0 Å². The minimum Gasteiger partial charge on any atom is -0.302 e. The van der Waals surface area contributed by atoms with Crippen LogP contribution in [0.15, 0.2) is 0 Å². The number of carbonyl (C=O) groups excluding carboxylic acids is 1. The molecule has 0 spiro atoms. The van der Waals surface area contributed by atoms with Crippen molar-refractivity contribution in [3.05, 3.63) is 0 Å². The van der Waals surface area contributed by atoms with Gasteiger partial charge in [-0.2, -0.15) is 13.2 Å². The molecule has 0 aliphatic heterocycles. The van der Waals surface area contributed by atoms with Crippen molar-refractivity contribution in [3.63, 3.8) is 0 Å². The molecular weight excluding hydrogens is 183 g/mol. The van der Waals surface area contributed by atoms with Gasteiger partial charge in [0.25, 0.3) is 0 Å². The van der Waals surface area contributed by atoms with Gasteiger partial charge in [-0.05, 0) is 5.92 Å². The Balaban J connectivity index is 3.49. The van der Waals surface area contributed by atoms with Gasteiger partial charge in [0.15, 0.2) is 0 Å². The Labute approximate surface area is 75.5 Å². The second-order valence-corrected chi connectivity index (χ2v) is 3.36. The lowest BCUT2D eigenvalue weighted by atomic mass is 10.1. The standard InChI is InChI=1S/C8H14F3NO/c1-6(2)3-7(13)4-12-5-8(9,10)11/h6,12H,3-5H2,1-2H3. The molecule has 0 aromatic heterocycles. The van der Waals surface area contributed by atoms with Crippen molar-refractivity contribution in [2.24, 2.45) is 5.92 Å². The van der Waals surface area contributed by atoms with Gasteiger partial charge in [0.1, 0.15) is 5.78 Å². The number of Topliss-reactive ketones (excluding diaryl/α,β-unsaturated/α-hetero) is 1. The van der Waals surface area contributed by atoms with Crippen LogP contribution in [0, 0.1) is 5.92 Å². The van der Waals surface area contributed by atoms with Crippen LogP contribution in [0.1, 0.15) is 20.3 Å². The van der Waals surface area contributed by atoms with Gasteiger partial charge >= 0.3 is 6.18 Å². The third kappa shape index (κ3) is 9.33. The predicted octanol–water partition coefficient (Wildman–Crippen LogP) is 1.75. The molecule has 0 bridgehead atoms. The smallest absolute Gasteiger partial charge is 0.302 e. The Hall–Kier alpha value is -0.580. The third-order valence-electron chi connectivity index (χ3n) is 1.28. The van der Waals surface area contributed by atoms with Crippen LogP contribution >= 0.6 is 0 Å². The maximum absolute atomic E-state index is 11.6. The first-order valence-electron chi connectivity index (χ1n) is 4.10. The minimum atomic E-state index is -4.24. The van der Waals surface area contributed by atoms with E-state index in [0.717, 1.165) is 0 Å². The Morgan fingerprint density at radius 2 is 1.92 bits per heavy atom. The van der Waals surface area contributed by atoms with Crippen LogP contribution in [-0.4, -0.2) is 25.0 Å². The summed E-state index contributed by atoms with van der Waals surface area (Å²) in [5, 5.41) is 2.06. The van der Waals surface area contributed by atoms with Gasteiger partial charge in [0.2, 0.25) is 0 Å². The van der Waals surface area contributed by atoms with Gasteiger partial charge in [0, 0.05) is 6.42 Å². The van der Waals surface area contributed by atoms with Gasteiger partial charge in [-0.25, -0.2) is 0 Å².